The fourth-order valence-corrected chi connectivity index (χ4v) is 4.11. The molecule has 1 aliphatic heterocycles. The summed E-state index contributed by atoms with van der Waals surface area (Å²) in [6.07, 6.45) is 4.12. The maximum absolute atomic E-state index is 12.8. The van der Waals surface area contributed by atoms with Crippen molar-refractivity contribution in [3.05, 3.63) is 59.7 Å². The molecule has 2 unspecified atom stereocenters. The smallest absolute Gasteiger partial charge is 0.251 e. The molecule has 7 nitrogen and oxygen atoms in total. The van der Waals surface area contributed by atoms with Gasteiger partial charge in [0.2, 0.25) is 11.8 Å². The van der Waals surface area contributed by atoms with Crippen LogP contribution in [0.1, 0.15) is 41.6 Å². The minimum Gasteiger partial charge on any atom is -0.348 e. The molecule has 30 heavy (non-hydrogen) atoms. The summed E-state index contributed by atoms with van der Waals surface area (Å²) in [5.74, 6) is -0.666. The fourth-order valence-electron chi connectivity index (χ4n) is 4.11. The van der Waals surface area contributed by atoms with E-state index in [-0.39, 0.29) is 42.8 Å². The first-order chi connectivity index (χ1) is 14.5. The Morgan fingerprint density at radius 3 is 2.63 bits per heavy atom. The molecule has 1 heterocycles. The number of nitrogens with zero attached hydrogens (tertiary/aromatic N) is 1. The standard InChI is InChI=1S/C23H26N4O3/c24-17-8-4-5-9-18(17)26-23(30)16-10-11-20-19(13-16)25-21(28)14-27(20)22(29)12-15-6-2-1-3-7-15/h1-3,6-7,10-11,13,17-18H,4-5,8-9,12,14,24H2,(H,25,28)(H,26,30). The van der Waals surface area contributed by atoms with Gasteiger partial charge in [0.15, 0.2) is 0 Å². The largest absolute Gasteiger partial charge is 0.348 e. The molecule has 0 aromatic heterocycles. The van der Waals surface area contributed by atoms with Crippen LogP contribution >= 0.6 is 0 Å². The van der Waals surface area contributed by atoms with Crippen molar-refractivity contribution in [3.8, 4) is 0 Å². The number of carbonyl (C=O) groups excluding carboxylic acids is 3. The maximum Gasteiger partial charge on any atom is 0.251 e. The van der Waals surface area contributed by atoms with Crippen molar-refractivity contribution in [1.29, 1.82) is 0 Å². The molecule has 1 aliphatic carbocycles. The van der Waals surface area contributed by atoms with Crippen molar-refractivity contribution in [2.24, 2.45) is 5.73 Å². The van der Waals surface area contributed by atoms with Crippen molar-refractivity contribution < 1.29 is 14.4 Å². The van der Waals surface area contributed by atoms with Gasteiger partial charge in [0, 0.05) is 17.6 Å². The highest BCUT2D eigenvalue weighted by Crippen LogP contribution is 2.31. The number of nitrogens with one attached hydrogen (secondary N) is 2. The van der Waals surface area contributed by atoms with Crippen LogP contribution in [0.3, 0.4) is 0 Å². The van der Waals surface area contributed by atoms with Gasteiger partial charge in [0.05, 0.1) is 17.8 Å². The Kier molecular flexibility index (Phi) is 5.81. The molecule has 2 aliphatic rings. The summed E-state index contributed by atoms with van der Waals surface area (Å²) in [6.45, 7) is -0.0405. The summed E-state index contributed by atoms with van der Waals surface area (Å²) in [5.41, 5.74) is 8.52. The van der Waals surface area contributed by atoms with E-state index in [1.54, 1.807) is 18.2 Å². The van der Waals surface area contributed by atoms with Crippen LogP contribution in [0.15, 0.2) is 48.5 Å². The second-order valence-corrected chi connectivity index (χ2v) is 7.95. The molecule has 3 amide bonds. The van der Waals surface area contributed by atoms with Crippen LogP contribution in [0.4, 0.5) is 11.4 Å². The predicted octanol–water partition coefficient (Wildman–Crippen LogP) is 2.21. The van der Waals surface area contributed by atoms with Crippen molar-refractivity contribution in [2.75, 3.05) is 16.8 Å². The molecule has 156 valence electrons. The molecule has 0 spiro atoms. The number of anilines is 2. The number of fused-ring (bicyclic) bond motifs is 1. The molecule has 0 radical (unpaired) electrons. The molecule has 0 saturated heterocycles. The quantitative estimate of drug-likeness (QED) is 0.724. The lowest BCUT2D eigenvalue weighted by Crippen LogP contribution is -2.49. The van der Waals surface area contributed by atoms with Crippen molar-refractivity contribution in [2.45, 2.75) is 44.2 Å². The highest BCUT2D eigenvalue weighted by atomic mass is 16.2. The van der Waals surface area contributed by atoms with E-state index in [0.29, 0.717) is 16.9 Å². The van der Waals surface area contributed by atoms with Crippen LogP contribution in [0.2, 0.25) is 0 Å². The van der Waals surface area contributed by atoms with E-state index in [9.17, 15) is 14.4 Å². The minimum atomic E-state index is -0.282. The summed E-state index contributed by atoms with van der Waals surface area (Å²) < 4.78 is 0. The van der Waals surface area contributed by atoms with E-state index in [1.807, 2.05) is 30.3 Å². The SMILES string of the molecule is NC1CCCCC1NC(=O)c1ccc2c(c1)NC(=O)CN2C(=O)Cc1ccccc1. The monoisotopic (exact) mass is 406 g/mol. The van der Waals surface area contributed by atoms with E-state index in [4.69, 9.17) is 5.73 Å². The van der Waals surface area contributed by atoms with Crippen molar-refractivity contribution in [3.63, 3.8) is 0 Å². The fraction of sp³-hybridized carbons (Fsp3) is 0.348. The Labute approximate surface area is 175 Å². The number of amides is 3. The first kappa shape index (κ1) is 20.1. The third-order valence-corrected chi connectivity index (χ3v) is 5.76. The van der Waals surface area contributed by atoms with Gasteiger partial charge in [-0.15, -0.1) is 0 Å². The molecular weight excluding hydrogens is 380 g/mol. The first-order valence-electron chi connectivity index (χ1n) is 10.4. The maximum atomic E-state index is 12.8. The van der Waals surface area contributed by atoms with E-state index < -0.39 is 0 Å². The van der Waals surface area contributed by atoms with Crippen molar-refractivity contribution in [1.82, 2.24) is 5.32 Å². The summed E-state index contributed by atoms with van der Waals surface area (Å²) in [6, 6.07) is 14.4. The predicted molar refractivity (Wildman–Crippen MR) is 115 cm³/mol. The summed E-state index contributed by atoms with van der Waals surface area (Å²) in [5, 5.41) is 5.79. The highest BCUT2D eigenvalue weighted by Gasteiger charge is 2.28. The molecule has 2 aromatic carbocycles. The molecule has 0 bridgehead atoms. The summed E-state index contributed by atoms with van der Waals surface area (Å²) in [4.78, 5) is 39.3. The number of hydrogen-bond acceptors (Lipinski definition) is 4. The second-order valence-electron chi connectivity index (χ2n) is 7.95. The van der Waals surface area contributed by atoms with Gasteiger partial charge in [-0.2, -0.15) is 0 Å². The third-order valence-electron chi connectivity index (χ3n) is 5.76. The van der Waals surface area contributed by atoms with Crippen LogP contribution in [0, 0.1) is 0 Å². The molecule has 2 aromatic rings. The number of hydrogen-bond donors (Lipinski definition) is 3. The Balaban J connectivity index is 1.52. The molecule has 7 heteroatoms. The number of nitrogens with two attached hydrogens (primary N) is 1. The lowest BCUT2D eigenvalue weighted by Gasteiger charge is -2.31. The van der Waals surface area contributed by atoms with Gasteiger partial charge in [0.25, 0.3) is 5.91 Å². The van der Waals surface area contributed by atoms with Gasteiger partial charge in [0.1, 0.15) is 6.54 Å². The van der Waals surface area contributed by atoms with Gasteiger partial charge in [-0.3, -0.25) is 14.4 Å². The zero-order chi connectivity index (χ0) is 21.1. The van der Waals surface area contributed by atoms with Crippen LogP contribution < -0.4 is 21.3 Å². The van der Waals surface area contributed by atoms with Gasteiger partial charge in [-0.25, -0.2) is 0 Å². The molecule has 1 fully saturated rings. The first-order valence-corrected chi connectivity index (χ1v) is 10.4. The molecule has 4 N–H and O–H groups in total. The molecule has 1 saturated carbocycles. The van der Waals surface area contributed by atoms with E-state index in [0.717, 1.165) is 31.2 Å². The Hall–Kier alpha value is -3.19. The van der Waals surface area contributed by atoms with Gasteiger partial charge >= 0.3 is 0 Å². The summed E-state index contributed by atoms with van der Waals surface area (Å²) in [7, 11) is 0. The zero-order valence-corrected chi connectivity index (χ0v) is 16.8. The lowest BCUT2D eigenvalue weighted by atomic mass is 9.91. The van der Waals surface area contributed by atoms with E-state index in [1.165, 1.54) is 4.90 Å². The number of rotatable bonds is 4. The van der Waals surface area contributed by atoms with Gasteiger partial charge < -0.3 is 21.3 Å². The minimum absolute atomic E-state index is 0.0360. The van der Waals surface area contributed by atoms with Crippen LogP contribution in [0.25, 0.3) is 0 Å². The third kappa shape index (κ3) is 4.36. The van der Waals surface area contributed by atoms with Crippen molar-refractivity contribution >= 4 is 29.1 Å². The molecule has 4 rings (SSSR count). The molecular formula is C23H26N4O3. The van der Waals surface area contributed by atoms with Crippen LogP contribution in [-0.4, -0.2) is 36.3 Å². The van der Waals surface area contributed by atoms with Gasteiger partial charge in [-0.05, 0) is 36.6 Å². The van der Waals surface area contributed by atoms with Crippen LogP contribution in [-0.2, 0) is 16.0 Å². The average molecular weight is 406 g/mol. The average Bonchev–Trinajstić information content (AvgIpc) is 2.75. The lowest BCUT2D eigenvalue weighted by molar-refractivity contribution is -0.121. The highest BCUT2D eigenvalue weighted by molar-refractivity contribution is 6.11. The number of carbonyl (C=O) groups is 3. The Morgan fingerprint density at radius 1 is 1.10 bits per heavy atom. The second kappa shape index (κ2) is 8.67. The van der Waals surface area contributed by atoms with Crippen LogP contribution in [0.5, 0.6) is 0 Å². The topological polar surface area (TPSA) is 105 Å². The molecule has 2 atom stereocenters. The Bertz CT molecular complexity index is 960. The summed E-state index contributed by atoms with van der Waals surface area (Å²) >= 11 is 0. The van der Waals surface area contributed by atoms with Gasteiger partial charge in [-0.1, -0.05) is 43.2 Å². The van der Waals surface area contributed by atoms with E-state index in [2.05, 4.69) is 10.6 Å². The normalized spacial score (nSPS) is 20.8. The van der Waals surface area contributed by atoms with E-state index >= 15 is 0 Å². The number of benzene rings is 2. The zero-order valence-electron chi connectivity index (χ0n) is 16.8. The Morgan fingerprint density at radius 2 is 1.87 bits per heavy atom.